The molecule has 0 unspecified atom stereocenters. The fraction of sp³-hybridized carbons (Fsp3) is 0.357. The Morgan fingerprint density at radius 3 is 2.57 bits per heavy atom. The van der Waals surface area contributed by atoms with Crippen molar-refractivity contribution in [1.82, 2.24) is 4.72 Å². The zero-order valence-electron chi connectivity index (χ0n) is 11.9. The Morgan fingerprint density at radius 1 is 1.38 bits per heavy atom. The summed E-state index contributed by atoms with van der Waals surface area (Å²) in [5.41, 5.74) is 4.37. The smallest absolute Gasteiger partial charge is 0.242 e. The summed E-state index contributed by atoms with van der Waals surface area (Å²) in [6.07, 6.45) is -0.128. The second kappa shape index (κ2) is 6.72. The van der Waals surface area contributed by atoms with E-state index in [1.165, 1.54) is 12.1 Å². The van der Waals surface area contributed by atoms with Gasteiger partial charge in [0.05, 0.1) is 4.90 Å². The zero-order valence-corrected chi connectivity index (χ0v) is 12.7. The Morgan fingerprint density at radius 2 is 2.00 bits per heavy atom. The average Bonchev–Trinajstić information content (AvgIpc) is 2.33. The maximum Gasteiger partial charge on any atom is 0.242 e. The van der Waals surface area contributed by atoms with Crippen LogP contribution in [0.2, 0.25) is 0 Å². The standard InChI is InChI=1S/C14H18N2O4S/c1-14(2,10-13(15)18)16-21(19,20)12-8-4-3-6-11(12)7-5-9-17/h3-4,6,8,16-17H,9-10H2,1-2H3,(H2,15,18). The summed E-state index contributed by atoms with van der Waals surface area (Å²) < 4.78 is 27.3. The lowest BCUT2D eigenvalue weighted by Gasteiger charge is -2.24. The molecule has 4 N–H and O–H groups in total. The number of hydrogen-bond donors (Lipinski definition) is 3. The number of benzene rings is 1. The predicted molar refractivity (Wildman–Crippen MR) is 78.6 cm³/mol. The van der Waals surface area contributed by atoms with Gasteiger partial charge in [-0.1, -0.05) is 24.0 Å². The van der Waals surface area contributed by atoms with E-state index in [-0.39, 0.29) is 23.5 Å². The highest BCUT2D eigenvalue weighted by atomic mass is 32.2. The average molecular weight is 310 g/mol. The first-order valence-electron chi connectivity index (χ1n) is 6.19. The number of sulfonamides is 1. The van der Waals surface area contributed by atoms with Crippen molar-refractivity contribution in [3.05, 3.63) is 29.8 Å². The van der Waals surface area contributed by atoms with Gasteiger partial charge < -0.3 is 10.8 Å². The molecule has 1 aromatic carbocycles. The van der Waals surface area contributed by atoms with E-state index in [2.05, 4.69) is 16.6 Å². The second-order valence-corrected chi connectivity index (χ2v) is 6.74. The normalized spacial score (nSPS) is 11.6. The molecule has 0 aliphatic heterocycles. The molecular formula is C14H18N2O4S. The van der Waals surface area contributed by atoms with Crippen LogP contribution in [-0.4, -0.2) is 31.6 Å². The van der Waals surface area contributed by atoms with E-state index in [1.807, 2.05) is 0 Å². The van der Waals surface area contributed by atoms with Crippen LogP contribution in [0.15, 0.2) is 29.2 Å². The first-order chi connectivity index (χ1) is 9.68. The van der Waals surface area contributed by atoms with Crippen LogP contribution in [0, 0.1) is 11.8 Å². The second-order valence-electron chi connectivity index (χ2n) is 5.09. The Labute approximate surface area is 124 Å². The van der Waals surface area contributed by atoms with Crippen molar-refractivity contribution < 1.29 is 18.3 Å². The molecule has 0 bridgehead atoms. The molecule has 1 aromatic rings. The quantitative estimate of drug-likeness (QED) is 0.663. The number of amides is 1. The molecule has 0 atom stereocenters. The van der Waals surface area contributed by atoms with Crippen molar-refractivity contribution in [2.24, 2.45) is 5.73 Å². The molecule has 0 saturated heterocycles. The van der Waals surface area contributed by atoms with Gasteiger partial charge in [0.1, 0.15) is 6.61 Å². The molecule has 0 radical (unpaired) electrons. The molecule has 114 valence electrons. The summed E-state index contributed by atoms with van der Waals surface area (Å²) in [7, 11) is -3.87. The minimum atomic E-state index is -3.87. The Balaban J connectivity index is 3.17. The van der Waals surface area contributed by atoms with E-state index in [0.717, 1.165) is 0 Å². The van der Waals surface area contributed by atoms with Gasteiger partial charge in [0.2, 0.25) is 15.9 Å². The molecule has 1 amide bonds. The van der Waals surface area contributed by atoms with Gasteiger partial charge in [-0.2, -0.15) is 0 Å². The van der Waals surface area contributed by atoms with Crippen LogP contribution in [0.25, 0.3) is 0 Å². The Bertz CT molecular complexity index is 684. The molecule has 0 spiro atoms. The maximum atomic E-state index is 12.4. The van der Waals surface area contributed by atoms with E-state index >= 15 is 0 Å². The monoisotopic (exact) mass is 310 g/mol. The highest BCUT2D eigenvalue weighted by Crippen LogP contribution is 2.18. The van der Waals surface area contributed by atoms with Crippen molar-refractivity contribution in [1.29, 1.82) is 0 Å². The number of aliphatic hydroxyl groups is 1. The summed E-state index contributed by atoms with van der Waals surface area (Å²) in [6.45, 7) is 2.77. The number of carbonyl (C=O) groups excluding carboxylic acids is 1. The van der Waals surface area contributed by atoms with Crippen molar-refractivity contribution in [2.75, 3.05) is 6.61 Å². The number of nitrogens with two attached hydrogens (primary N) is 1. The molecule has 0 aromatic heterocycles. The largest absolute Gasteiger partial charge is 0.384 e. The molecule has 1 rings (SSSR count). The summed E-state index contributed by atoms with van der Waals surface area (Å²) >= 11 is 0. The predicted octanol–water partition coefficient (Wildman–Crippen LogP) is -0.0373. The van der Waals surface area contributed by atoms with Gasteiger partial charge in [-0.3, -0.25) is 4.79 Å². The number of carbonyl (C=O) groups is 1. The van der Waals surface area contributed by atoms with Crippen molar-refractivity contribution in [3.8, 4) is 11.8 Å². The highest BCUT2D eigenvalue weighted by molar-refractivity contribution is 7.89. The SMILES string of the molecule is CC(C)(CC(N)=O)NS(=O)(=O)c1ccccc1C#CCO. The van der Waals surface area contributed by atoms with E-state index in [9.17, 15) is 13.2 Å². The summed E-state index contributed by atoms with van der Waals surface area (Å²) in [5, 5.41) is 8.72. The summed E-state index contributed by atoms with van der Waals surface area (Å²) in [4.78, 5) is 11.0. The van der Waals surface area contributed by atoms with Gasteiger partial charge in [-0.25, -0.2) is 13.1 Å². The minimum absolute atomic E-state index is 0.0107. The molecule has 0 fully saturated rings. The lowest BCUT2D eigenvalue weighted by molar-refractivity contribution is -0.119. The summed E-state index contributed by atoms with van der Waals surface area (Å²) in [5.74, 6) is 4.40. The zero-order chi connectivity index (χ0) is 16.1. The van der Waals surface area contributed by atoms with Gasteiger partial charge in [-0.05, 0) is 26.0 Å². The number of primary amides is 1. The molecule has 0 aliphatic rings. The molecule has 0 saturated carbocycles. The van der Waals surface area contributed by atoms with Crippen molar-refractivity contribution in [3.63, 3.8) is 0 Å². The van der Waals surface area contributed by atoms with Gasteiger partial charge in [0.15, 0.2) is 0 Å². The van der Waals surface area contributed by atoms with Crippen LogP contribution < -0.4 is 10.5 Å². The third kappa shape index (κ3) is 5.19. The maximum absolute atomic E-state index is 12.4. The van der Waals surface area contributed by atoms with E-state index in [1.54, 1.807) is 26.0 Å². The van der Waals surface area contributed by atoms with Gasteiger partial charge >= 0.3 is 0 Å². The van der Waals surface area contributed by atoms with Crippen LogP contribution >= 0.6 is 0 Å². The minimum Gasteiger partial charge on any atom is -0.384 e. The van der Waals surface area contributed by atoms with Gasteiger partial charge in [-0.15, -0.1) is 0 Å². The number of rotatable bonds is 5. The van der Waals surface area contributed by atoms with Crippen LogP contribution in [0.4, 0.5) is 0 Å². The van der Waals surface area contributed by atoms with Gasteiger partial charge in [0, 0.05) is 17.5 Å². The van der Waals surface area contributed by atoms with E-state index in [4.69, 9.17) is 10.8 Å². The third-order valence-electron chi connectivity index (χ3n) is 2.51. The molecule has 21 heavy (non-hydrogen) atoms. The first kappa shape index (κ1) is 17.2. The van der Waals surface area contributed by atoms with E-state index in [0.29, 0.717) is 0 Å². The van der Waals surface area contributed by atoms with Crippen molar-refractivity contribution in [2.45, 2.75) is 30.7 Å². The third-order valence-corrected chi connectivity index (χ3v) is 4.26. The number of nitrogens with one attached hydrogen (secondary N) is 1. The van der Waals surface area contributed by atoms with Crippen LogP contribution in [0.5, 0.6) is 0 Å². The van der Waals surface area contributed by atoms with Crippen LogP contribution in [0.1, 0.15) is 25.8 Å². The molecule has 7 heteroatoms. The lowest BCUT2D eigenvalue weighted by atomic mass is 10.0. The number of hydrogen-bond acceptors (Lipinski definition) is 4. The van der Waals surface area contributed by atoms with Gasteiger partial charge in [0.25, 0.3) is 0 Å². The number of aliphatic hydroxyl groups excluding tert-OH is 1. The first-order valence-corrected chi connectivity index (χ1v) is 7.67. The van der Waals surface area contributed by atoms with E-state index < -0.39 is 21.5 Å². The molecule has 0 heterocycles. The molecular weight excluding hydrogens is 292 g/mol. The fourth-order valence-corrected chi connectivity index (χ4v) is 3.41. The van der Waals surface area contributed by atoms with Crippen LogP contribution in [0.3, 0.4) is 0 Å². The topological polar surface area (TPSA) is 109 Å². The Hall–Kier alpha value is -1.88. The lowest BCUT2D eigenvalue weighted by Crippen LogP contribution is -2.46. The highest BCUT2D eigenvalue weighted by Gasteiger charge is 2.29. The fourth-order valence-electron chi connectivity index (χ4n) is 1.83. The molecule has 6 nitrogen and oxygen atoms in total. The van der Waals surface area contributed by atoms with Crippen molar-refractivity contribution >= 4 is 15.9 Å². The molecule has 0 aliphatic carbocycles. The van der Waals surface area contributed by atoms with Crippen LogP contribution in [-0.2, 0) is 14.8 Å². The Kier molecular flexibility index (Phi) is 5.49. The summed E-state index contributed by atoms with van der Waals surface area (Å²) in [6, 6.07) is 6.16.